The van der Waals surface area contributed by atoms with Crippen molar-refractivity contribution in [2.75, 3.05) is 13.2 Å². The molecule has 0 saturated heterocycles. The van der Waals surface area contributed by atoms with E-state index in [1.807, 2.05) is 0 Å². The van der Waals surface area contributed by atoms with Gasteiger partial charge >= 0.3 is 17.9 Å². The van der Waals surface area contributed by atoms with E-state index in [-0.39, 0.29) is 31.1 Å². The molecule has 468 valence electrons. The molecule has 6 nitrogen and oxygen atoms in total. The van der Waals surface area contributed by atoms with E-state index in [9.17, 15) is 14.4 Å². The van der Waals surface area contributed by atoms with Crippen molar-refractivity contribution in [2.45, 2.75) is 361 Å². The van der Waals surface area contributed by atoms with Crippen LogP contribution < -0.4 is 0 Å². The molecular formula is C75H132O6. The van der Waals surface area contributed by atoms with E-state index in [4.69, 9.17) is 14.2 Å². The average molecular weight is 1130 g/mol. The first-order valence-electron chi connectivity index (χ1n) is 35.1. The SMILES string of the molecule is CC/C=C\C/C=C\C/C=C\C/C=C\CCCCCCCCCCCCCCC(=O)OCC(COC(=O)CCCCCCC/C=C\C/C=C\CCC)OC(=O)CCCCCCCCCCCCCCC/C=C\CCCCCCCCCC. The van der Waals surface area contributed by atoms with Crippen LogP contribution >= 0.6 is 0 Å². The van der Waals surface area contributed by atoms with Crippen LogP contribution in [0.1, 0.15) is 355 Å². The second-order valence-electron chi connectivity index (χ2n) is 23.4. The van der Waals surface area contributed by atoms with Crippen LogP contribution in [0, 0.1) is 0 Å². The van der Waals surface area contributed by atoms with Crippen molar-refractivity contribution in [3.05, 3.63) is 85.1 Å². The summed E-state index contributed by atoms with van der Waals surface area (Å²) in [4.78, 5) is 38.4. The Morgan fingerprint density at radius 2 is 0.506 bits per heavy atom. The summed E-state index contributed by atoms with van der Waals surface area (Å²) in [5.41, 5.74) is 0. The average Bonchev–Trinajstić information content (AvgIpc) is 3.46. The summed E-state index contributed by atoms with van der Waals surface area (Å²) in [5, 5.41) is 0. The molecule has 1 unspecified atom stereocenters. The first-order chi connectivity index (χ1) is 40.0. The number of unbranched alkanes of at least 4 members (excludes halogenated alkanes) is 39. The zero-order valence-corrected chi connectivity index (χ0v) is 53.8. The molecule has 1 atom stereocenters. The molecule has 0 aromatic carbocycles. The number of ether oxygens (including phenoxy) is 3. The van der Waals surface area contributed by atoms with E-state index in [2.05, 4.69) is 106 Å². The smallest absolute Gasteiger partial charge is 0.306 e. The van der Waals surface area contributed by atoms with Crippen molar-refractivity contribution in [1.29, 1.82) is 0 Å². The third-order valence-electron chi connectivity index (χ3n) is 15.3. The van der Waals surface area contributed by atoms with Crippen LogP contribution in [0.5, 0.6) is 0 Å². The fourth-order valence-corrected chi connectivity index (χ4v) is 10.1. The first kappa shape index (κ1) is 77.6. The molecule has 0 spiro atoms. The van der Waals surface area contributed by atoms with Gasteiger partial charge in [-0.25, -0.2) is 0 Å². The fraction of sp³-hybridized carbons (Fsp3) is 0.773. The molecule has 0 rings (SSSR count). The summed E-state index contributed by atoms with van der Waals surface area (Å²) in [6.07, 6.45) is 91.8. The summed E-state index contributed by atoms with van der Waals surface area (Å²) in [6.45, 7) is 6.50. The maximum Gasteiger partial charge on any atom is 0.306 e. The Morgan fingerprint density at radius 3 is 0.815 bits per heavy atom. The summed E-state index contributed by atoms with van der Waals surface area (Å²) in [5.74, 6) is -0.879. The molecule has 0 aromatic rings. The lowest BCUT2D eigenvalue weighted by Gasteiger charge is -2.18. The summed E-state index contributed by atoms with van der Waals surface area (Å²) in [6, 6.07) is 0. The Balaban J connectivity index is 4.27. The summed E-state index contributed by atoms with van der Waals surface area (Å²) >= 11 is 0. The zero-order chi connectivity index (χ0) is 58.5. The van der Waals surface area contributed by atoms with Crippen molar-refractivity contribution in [3.63, 3.8) is 0 Å². The van der Waals surface area contributed by atoms with Crippen molar-refractivity contribution < 1.29 is 28.6 Å². The monoisotopic (exact) mass is 1130 g/mol. The highest BCUT2D eigenvalue weighted by molar-refractivity contribution is 5.71. The molecule has 0 saturated carbocycles. The molecule has 0 N–H and O–H groups in total. The Hall–Kier alpha value is -3.41. The molecule has 6 heteroatoms. The lowest BCUT2D eigenvalue weighted by Crippen LogP contribution is -2.30. The second-order valence-corrected chi connectivity index (χ2v) is 23.4. The predicted octanol–water partition coefficient (Wildman–Crippen LogP) is 24.2. The number of allylic oxidation sites excluding steroid dienone is 14. The molecule has 0 aliphatic heterocycles. The molecule has 0 aliphatic rings. The highest BCUT2D eigenvalue weighted by Crippen LogP contribution is 2.17. The van der Waals surface area contributed by atoms with Crippen molar-refractivity contribution in [3.8, 4) is 0 Å². The van der Waals surface area contributed by atoms with Crippen molar-refractivity contribution in [1.82, 2.24) is 0 Å². The van der Waals surface area contributed by atoms with Gasteiger partial charge in [0, 0.05) is 19.3 Å². The van der Waals surface area contributed by atoms with E-state index in [0.29, 0.717) is 19.3 Å². The molecule has 0 fully saturated rings. The topological polar surface area (TPSA) is 78.9 Å². The molecule has 81 heavy (non-hydrogen) atoms. The molecule has 0 aromatic heterocycles. The summed E-state index contributed by atoms with van der Waals surface area (Å²) in [7, 11) is 0. The number of hydrogen-bond donors (Lipinski definition) is 0. The maximum absolute atomic E-state index is 13.0. The highest BCUT2D eigenvalue weighted by atomic mass is 16.6. The van der Waals surface area contributed by atoms with E-state index in [0.717, 1.165) is 109 Å². The van der Waals surface area contributed by atoms with Crippen LogP contribution in [-0.4, -0.2) is 37.2 Å². The minimum absolute atomic E-state index is 0.0797. The Morgan fingerprint density at radius 1 is 0.259 bits per heavy atom. The Kier molecular flexibility index (Phi) is 66.2. The fourth-order valence-electron chi connectivity index (χ4n) is 10.1. The molecule has 0 radical (unpaired) electrons. The van der Waals surface area contributed by atoms with E-state index < -0.39 is 6.10 Å². The molecule has 0 heterocycles. The van der Waals surface area contributed by atoms with Gasteiger partial charge in [-0.05, 0) is 109 Å². The normalized spacial score (nSPS) is 12.6. The van der Waals surface area contributed by atoms with Crippen LogP contribution in [0.2, 0.25) is 0 Å². The minimum atomic E-state index is -0.784. The largest absolute Gasteiger partial charge is 0.462 e. The van der Waals surface area contributed by atoms with Gasteiger partial charge in [0.05, 0.1) is 0 Å². The predicted molar refractivity (Wildman–Crippen MR) is 353 cm³/mol. The third-order valence-corrected chi connectivity index (χ3v) is 15.3. The zero-order valence-electron chi connectivity index (χ0n) is 53.8. The van der Waals surface area contributed by atoms with E-state index >= 15 is 0 Å². The van der Waals surface area contributed by atoms with Gasteiger partial charge in [-0.1, -0.05) is 311 Å². The van der Waals surface area contributed by atoms with Gasteiger partial charge in [0.2, 0.25) is 0 Å². The van der Waals surface area contributed by atoms with Crippen LogP contribution in [0.4, 0.5) is 0 Å². The number of rotatable bonds is 64. The standard InChI is InChI=1S/C75H132O6/c1-4-7-10-13-16-19-22-25-27-29-31-33-35-37-39-41-43-45-47-50-53-56-59-62-65-68-74(77)80-71-72(70-79-73(76)67-64-61-58-55-52-49-24-21-18-15-12-9-6-3)81-75(78)69-66-63-60-57-54-51-48-46-44-42-40-38-36-34-32-30-28-26-23-20-17-14-11-8-5-2/h7,10,12,15-16,19,21,24-25,27,30-33,72H,4-6,8-9,11,13-14,17-18,20,22-23,26,28-29,34-71H2,1-3H3/b10-7-,15-12-,19-16-,24-21-,27-25-,32-30-,33-31-. The lowest BCUT2D eigenvalue weighted by molar-refractivity contribution is -0.167. The third kappa shape index (κ3) is 67.3. The molecule has 0 bridgehead atoms. The molecule has 0 amide bonds. The Labute approximate surface area is 503 Å². The first-order valence-corrected chi connectivity index (χ1v) is 35.1. The van der Waals surface area contributed by atoms with Crippen LogP contribution in [0.15, 0.2) is 85.1 Å². The number of carbonyl (C=O) groups is 3. The maximum atomic E-state index is 13.0. The Bertz CT molecular complexity index is 1530. The number of carbonyl (C=O) groups excluding carboxylic acids is 3. The van der Waals surface area contributed by atoms with Crippen LogP contribution in [-0.2, 0) is 28.6 Å². The van der Waals surface area contributed by atoms with Gasteiger partial charge in [0.25, 0.3) is 0 Å². The van der Waals surface area contributed by atoms with Gasteiger partial charge in [0.15, 0.2) is 6.10 Å². The van der Waals surface area contributed by atoms with Crippen LogP contribution in [0.25, 0.3) is 0 Å². The highest BCUT2D eigenvalue weighted by Gasteiger charge is 2.19. The second kappa shape index (κ2) is 69.1. The van der Waals surface area contributed by atoms with Gasteiger partial charge in [-0.3, -0.25) is 14.4 Å². The van der Waals surface area contributed by atoms with Crippen molar-refractivity contribution >= 4 is 17.9 Å². The van der Waals surface area contributed by atoms with Gasteiger partial charge < -0.3 is 14.2 Å². The number of esters is 3. The molecular weight excluding hydrogens is 997 g/mol. The van der Waals surface area contributed by atoms with Gasteiger partial charge in [-0.15, -0.1) is 0 Å². The van der Waals surface area contributed by atoms with Crippen molar-refractivity contribution in [2.24, 2.45) is 0 Å². The van der Waals surface area contributed by atoms with E-state index in [1.54, 1.807) is 0 Å². The molecule has 0 aliphatic carbocycles. The van der Waals surface area contributed by atoms with Gasteiger partial charge in [-0.2, -0.15) is 0 Å². The van der Waals surface area contributed by atoms with E-state index in [1.165, 1.54) is 205 Å². The summed E-state index contributed by atoms with van der Waals surface area (Å²) < 4.78 is 17.0. The quantitative estimate of drug-likeness (QED) is 0.0261. The van der Waals surface area contributed by atoms with Crippen LogP contribution in [0.3, 0.4) is 0 Å². The van der Waals surface area contributed by atoms with Gasteiger partial charge in [0.1, 0.15) is 13.2 Å². The minimum Gasteiger partial charge on any atom is -0.462 e. The lowest BCUT2D eigenvalue weighted by atomic mass is 10.0. The number of hydrogen-bond acceptors (Lipinski definition) is 6.